The van der Waals surface area contributed by atoms with Crippen molar-refractivity contribution in [3.8, 4) is 0 Å². The second-order valence-corrected chi connectivity index (χ2v) is 3.70. The Kier molecular flexibility index (Phi) is 2.18. The van der Waals surface area contributed by atoms with Crippen LogP contribution in [0.1, 0.15) is 20.3 Å². The van der Waals surface area contributed by atoms with Crippen molar-refractivity contribution < 1.29 is 14.6 Å². The van der Waals surface area contributed by atoms with Crippen molar-refractivity contribution in [2.45, 2.75) is 20.3 Å². The third-order valence-corrected chi connectivity index (χ3v) is 2.42. The van der Waals surface area contributed by atoms with E-state index in [0.717, 1.165) is 6.42 Å². The second kappa shape index (κ2) is 2.81. The third kappa shape index (κ3) is 1.71. The van der Waals surface area contributed by atoms with Gasteiger partial charge < -0.3 is 9.84 Å². The smallest absolute Gasteiger partial charge is 0.309 e. The third-order valence-electron chi connectivity index (χ3n) is 2.42. The van der Waals surface area contributed by atoms with Crippen LogP contribution in [0.2, 0.25) is 0 Å². The van der Waals surface area contributed by atoms with Gasteiger partial charge in [-0.15, -0.1) is 0 Å². The van der Waals surface area contributed by atoms with E-state index in [2.05, 4.69) is 0 Å². The van der Waals surface area contributed by atoms with Crippen LogP contribution < -0.4 is 0 Å². The molecular weight excluding hydrogens is 144 g/mol. The molecule has 0 spiro atoms. The Bertz CT molecular complexity index is 163. The molecule has 0 saturated carbocycles. The van der Waals surface area contributed by atoms with Crippen LogP contribution in [0.15, 0.2) is 0 Å². The molecule has 3 heteroatoms. The maximum atomic E-state index is 10.7. The van der Waals surface area contributed by atoms with Crippen molar-refractivity contribution >= 4 is 5.97 Å². The van der Waals surface area contributed by atoms with Gasteiger partial charge in [0.2, 0.25) is 0 Å². The topological polar surface area (TPSA) is 46.5 Å². The number of ether oxygens (including phenoxy) is 1. The Balaban J connectivity index is 2.67. The predicted molar refractivity (Wildman–Crippen MR) is 40.3 cm³/mol. The lowest BCUT2D eigenvalue weighted by atomic mass is 9.75. The molecule has 0 radical (unpaired) electrons. The lowest BCUT2D eigenvalue weighted by Gasteiger charge is -2.35. The van der Waals surface area contributed by atoms with Gasteiger partial charge in [0.15, 0.2) is 0 Å². The highest BCUT2D eigenvalue weighted by Gasteiger charge is 2.37. The minimum absolute atomic E-state index is 0.107. The van der Waals surface area contributed by atoms with Gasteiger partial charge in [0.25, 0.3) is 0 Å². The number of carboxylic acid groups (broad SMARTS) is 1. The molecule has 0 aromatic rings. The van der Waals surface area contributed by atoms with Gasteiger partial charge in [-0.05, 0) is 11.8 Å². The number of hydrogen-bond acceptors (Lipinski definition) is 2. The average Bonchev–Trinajstić information content (AvgIpc) is 1.85. The minimum Gasteiger partial charge on any atom is -0.481 e. The fourth-order valence-corrected chi connectivity index (χ4v) is 1.34. The number of rotatable bonds is 1. The van der Waals surface area contributed by atoms with E-state index in [1.54, 1.807) is 0 Å². The van der Waals surface area contributed by atoms with Gasteiger partial charge in [-0.2, -0.15) is 0 Å². The van der Waals surface area contributed by atoms with Crippen LogP contribution in [0.4, 0.5) is 0 Å². The van der Waals surface area contributed by atoms with E-state index in [1.807, 2.05) is 13.8 Å². The number of carboxylic acids is 1. The summed E-state index contributed by atoms with van der Waals surface area (Å²) in [5.74, 6) is -1.08. The fourth-order valence-electron chi connectivity index (χ4n) is 1.34. The quantitative estimate of drug-likeness (QED) is 0.622. The van der Waals surface area contributed by atoms with Crippen molar-refractivity contribution in [3.63, 3.8) is 0 Å². The van der Waals surface area contributed by atoms with Crippen LogP contribution in [0.5, 0.6) is 0 Å². The molecule has 0 aliphatic carbocycles. The zero-order chi connectivity index (χ0) is 8.48. The van der Waals surface area contributed by atoms with E-state index < -0.39 is 5.97 Å². The molecule has 64 valence electrons. The summed E-state index contributed by atoms with van der Waals surface area (Å²) in [5.41, 5.74) is -0.107. The number of aliphatic carboxylic acids is 1. The van der Waals surface area contributed by atoms with E-state index in [-0.39, 0.29) is 11.3 Å². The predicted octanol–water partition coefficient (Wildman–Crippen LogP) is 1.13. The Morgan fingerprint density at radius 2 is 2.27 bits per heavy atom. The molecule has 1 rings (SSSR count). The Morgan fingerprint density at radius 3 is 2.64 bits per heavy atom. The Hall–Kier alpha value is -0.570. The molecule has 3 nitrogen and oxygen atoms in total. The second-order valence-electron chi connectivity index (χ2n) is 3.70. The van der Waals surface area contributed by atoms with Gasteiger partial charge in [0.1, 0.15) is 0 Å². The lowest BCUT2D eigenvalue weighted by Crippen LogP contribution is -2.39. The van der Waals surface area contributed by atoms with Gasteiger partial charge >= 0.3 is 5.97 Å². The summed E-state index contributed by atoms with van der Waals surface area (Å²) < 4.78 is 5.10. The molecule has 1 aliphatic rings. The first-order chi connectivity index (χ1) is 5.04. The largest absolute Gasteiger partial charge is 0.481 e. The number of hydrogen-bond donors (Lipinski definition) is 1. The summed E-state index contributed by atoms with van der Waals surface area (Å²) in [5, 5.41) is 8.79. The Labute approximate surface area is 66.4 Å². The van der Waals surface area contributed by atoms with Crippen molar-refractivity contribution in [1.29, 1.82) is 0 Å². The highest BCUT2D eigenvalue weighted by Crippen LogP contribution is 2.34. The van der Waals surface area contributed by atoms with Gasteiger partial charge in [0.05, 0.1) is 12.5 Å². The Morgan fingerprint density at radius 1 is 1.64 bits per heavy atom. The van der Waals surface area contributed by atoms with Gasteiger partial charge in [-0.3, -0.25) is 4.79 Å². The van der Waals surface area contributed by atoms with Gasteiger partial charge in [0, 0.05) is 6.61 Å². The van der Waals surface area contributed by atoms with E-state index in [0.29, 0.717) is 13.2 Å². The van der Waals surface area contributed by atoms with E-state index >= 15 is 0 Å². The van der Waals surface area contributed by atoms with Crippen molar-refractivity contribution in [3.05, 3.63) is 0 Å². The monoisotopic (exact) mass is 158 g/mol. The summed E-state index contributed by atoms with van der Waals surface area (Å²) in [7, 11) is 0. The maximum Gasteiger partial charge on any atom is 0.309 e. The molecule has 1 unspecified atom stereocenters. The molecule has 0 bridgehead atoms. The van der Waals surface area contributed by atoms with Gasteiger partial charge in [-0.1, -0.05) is 13.8 Å². The zero-order valence-electron chi connectivity index (χ0n) is 6.96. The van der Waals surface area contributed by atoms with Crippen LogP contribution in [0.25, 0.3) is 0 Å². The van der Waals surface area contributed by atoms with Crippen molar-refractivity contribution in [2.75, 3.05) is 13.2 Å². The van der Waals surface area contributed by atoms with E-state index in [4.69, 9.17) is 9.84 Å². The standard InChI is InChI=1S/C8H14O3/c1-8(2)3-4-11-5-6(8)7(9)10/h6H,3-5H2,1-2H3,(H,9,10). The van der Waals surface area contributed by atoms with E-state index in [1.165, 1.54) is 0 Å². The highest BCUT2D eigenvalue weighted by atomic mass is 16.5. The summed E-state index contributed by atoms with van der Waals surface area (Å²) in [6.45, 7) is 5.02. The van der Waals surface area contributed by atoms with Crippen LogP contribution in [-0.2, 0) is 9.53 Å². The first-order valence-corrected chi connectivity index (χ1v) is 3.84. The normalized spacial score (nSPS) is 29.8. The molecule has 0 amide bonds. The number of carbonyl (C=O) groups is 1. The van der Waals surface area contributed by atoms with Crippen molar-refractivity contribution in [1.82, 2.24) is 0 Å². The molecule has 1 N–H and O–H groups in total. The summed E-state index contributed by atoms with van der Waals surface area (Å²) >= 11 is 0. The first kappa shape index (κ1) is 8.53. The molecule has 0 aromatic heterocycles. The first-order valence-electron chi connectivity index (χ1n) is 3.84. The molecule has 1 atom stereocenters. The van der Waals surface area contributed by atoms with Gasteiger partial charge in [-0.25, -0.2) is 0 Å². The molecule has 0 aromatic carbocycles. The zero-order valence-corrected chi connectivity index (χ0v) is 6.96. The van der Waals surface area contributed by atoms with Crippen LogP contribution in [0, 0.1) is 11.3 Å². The molecule has 1 heterocycles. The van der Waals surface area contributed by atoms with E-state index in [9.17, 15) is 4.79 Å². The van der Waals surface area contributed by atoms with Crippen LogP contribution >= 0.6 is 0 Å². The minimum atomic E-state index is -0.741. The summed E-state index contributed by atoms with van der Waals surface area (Å²) in [4.78, 5) is 10.7. The van der Waals surface area contributed by atoms with Crippen molar-refractivity contribution in [2.24, 2.45) is 11.3 Å². The highest BCUT2D eigenvalue weighted by molar-refractivity contribution is 5.71. The fraction of sp³-hybridized carbons (Fsp3) is 0.875. The average molecular weight is 158 g/mol. The molecule has 1 fully saturated rings. The lowest BCUT2D eigenvalue weighted by molar-refractivity contribution is -0.153. The van der Waals surface area contributed by atoms with Crippen LogP contribution in [0.3, 0.4) is 0 Å². The molecule has 1 saturated heterocycles. The molecule has 1 aliphatic heterocycles. The SMILES string of the molecule is CC1(C)CCOCC1C(=O)O. The molecular formula is C8H14O3. The molecule has 11 heavy (non-hydrogen) atoms. The maximum absolute atomic E-state index is 10.7. The summed E-state index contributed by atoms with van der Waals surface area (Å²) in [6, 6.07) is 0. The van der Waals surface area contributed by atoms with Crippen LogP contribution in [-0.4, -0.2) is 24.3 Å². The summed E-state index contributed by atoms with van der Waals surface area (Å²) in [6.07, 6.45) is 0.837.